The van der Waals surface area contributed by atoms with Gasteiger partial charge in [-0.1, -0.05) is 22.0 Å². The van der Waals surface area contributed by atoms with Crippen molar-refractivity contribution in [1.29, 1.82) is 0 Å². The highest BCUT2D eigenvalue weighted by molar-refractivity contribution is 9.10. The van der Waals surface area contributed by atoms with Crippen LogP contribution in [-0.4, -0.2) is 38.9 Å². The number of benzene rings is 1. The quantitative estimate of drug-likeness (QED) is 0.875. The van der Waals surface area contributed by atoms with Gasteiger partial charge < -0.3 is 14.8 Å². The van der Waals surface area contributed by atoms with E-state index in [0.29, 0.717) is 18.7 Å². The second kappa shape index (κ2) is 6.87. The average molecular weight is 316 g/mol. The molecule has 1 aromatic rings. The first-order chi connectivity index (χ1) is 8.50. The molecule has 1 rings (SSSR count). The predicted molar refractivity (Wildman–Crippen MR) is 73.8 cm³/mol. The fourth-order valence-electron chi connectivity index (χ4n) is 1.49. The lowest BCUT2D eigenvalue weighted by molar-refractivity contribution is -0.0479. The Morgan fingerprint density at radius 1 is 1.44 bits per heavy atom. The summed E-state index contributed by atoms with van der Waals surface area (Å²) in [5.74, 6) is -0.129. The van der Waals surface area contributed by atoms with Crippen LogP contribution in [0.1, 0.15) is 17.3 Å². The Kier molecular flexibility index (Phi) is 5.78. The van der Waals surface area contributed by atoms with Gasteiger partial charge in [0, 0.05) is 30.8 Å². The third-order valence-electron chi connectivity index (χ3n) is 2.65. The molecule has 0 radical (unpaired) electrons. The second-order valence-corrected chi connectivity index (χ2v) is 5.20. The number of methoxy groups -OCH3 is 2. The minimum Gasteiger partial charge on any atom is -0.382 e. The largest absolute Gasteiger partial charge is 0.382 e. The summed E-state index contributed by atoms with van der Waals surface area (Å²) in [6.07, 6.45) is 0. The zero-order chi connectivity index (χ0) is 13.6. The minimum absolute atomic E-state index is 0.129. The number of carbonyl (C=O) groups excluding carboxylic acids is 1. The molecule has 0 spiro atoms. The van der Waals surface area contributed by atoms with Crippen molar-refractivity contribution in [3.63, 3.8) is 0 Å². The maximum atomic E-state index is 11.9. The van der Waals surface area contributed by atoms with Crippen LogP contribution in [0, 0.1) is 0 Å². The second-order valence-electron chi connectivity index (χ2n) is 4.28. The zero-order valence-corrected chi connectivity index (χ0v) is 12.4. The van der Waals surface area contributed by atoms with Crippen LogP contribution in [0.5, 0.6) is 0 Å². The number of ether oxygens (including phenoxy) is 2. The van der Waals surface area contributed by atoms with Crippen molar-refractivity contribution in [2.45, 2.75) is 12.5 Å². The Morgan fingerprint density at radius 2 is 2.17 bits per heavy atom. The first-order valence-corrected chi connectivity index (χ1v) is 6.38. The average Bonchev–Trinajstić information content (AvgIpc) is 2.36. The van der Waals surface area contributed by atoms with Gasteiger partial charge in [0.1, 0.15) is 5.60 Å². The summed E-state index contributed by atoms with van der Waals surface area (Å²) in [5.41, 5.74) is 0.0939. The summed E-state index contributed by atoms with van der Waals surface area (Å²) in [4.78, 5) is 11.9. The van der Waals surface area contributed by atoms with Gasteiger partial charge in [-0.25, -0.2) is 0 Å². The van der Waals surface area contributed by atoms with E-state index in [9.17, 15) is 4.79 Å². The van der Waals surface area contributed by atoms with Crippen molar-refractivity contribution in [2.24, 2.45) is 0 Å². The van der Waals surface area contributed by atoms with Crippen LogP contribution in [-0.2, 0) is 9.47 Å². The predicted octanol–water partition coefficient (Wildman–Crippen LogP) is 2.23. The van der Waals surface area contributed by atoms with E-state index in [-0.39, 0.29) is 5.91 Å². The van der Waals surface area contributed by atoms with E-state index >= 15 is 0 Å². The van der Waals surface area contributed by atoms with Crippen LogP contribution < -0.4 is 5.32 Å². The minimum atomic E-state index is -0.517. The Labute approximate surface area is 116 Å². The number of carbonyl (C=O) groups is 1. The van der Waals surface area contributed by atoms with Crippen molar-refractivity contribution < 1.29 is 14.3 Å². The van der Waals surface area contributed by atoms with Crippen molar-refractivity contribution in [3.8, 4) is 0 Å². The Bertz CT molecular complexity index is 411. The summed E-state index contributed by atoms with van der Waals surface area (Å²) in [5, 5.41) is 2.84. The van der Waals surface area contributed by atoms with Crippen LogP contribution in [0.25, 0.3) is 0 Å². The molecule has 1 amide bonds. The van der Waals surface area contributed by atoms with E-state index in [2.05, 4.69) is 21.2 Å². The fraction of sp³-hybridized carbons (Fsp3) is 0.462. The summed E-state index contributed by atoms with van der Waals surface area (Å²) >= 11 is 3.33. The lowest BCUT2D eigenvalue weighted by Gasteiger charge is -2.27. The number of nitrogens with one attached hydrogen (secondary N) is 1. The molecule has 1 aromatic carbocycles. The van der Waals surface area contributed by atoms with E-state index in [1.807, 2.05) is 19.1 Å². The monoisotopic (exact) mass is 315 g/mol. The summed E-state index contributed by atoms with van der Waals surface area (Å²) < 4.78 is 11.3. The number of halogens is 1. The van der Waals surface area contributed by atoms with Crippen LogP contribution in [0.4, 0.5) is 0 Å². The highest BCUT2D eigenvalue weighted by Crippen LogP contribution is 2.12. The molecule has 0 aliphatic carbocycles. The van der Waals surface area contributed by atoms with Crippen molar-refractivity contribution >= 4 is 21.8 Å². The van der Waals surface area contributed by atoms with Crippen LogP contribution in [0.15, 0.2) is 28.7 Å². The van der Waals surface area contributed by atoms with E-state index in [1.54, 1.807) is 26.4 Å². The molecular formula is C13H18BrNO3. The molecule has 0 heterocycles. The Hall–Kier alpha value is -0.910. The third kappa shape index (κ3) is 4.40. The summed E-state index contributed by atoms with van der Waals surface area (Å²) in [6.45, 7) is 2.70. The normalized spacial score (nSPS) is 14.0. The van der Waals surface area contributed by atoms with Crippen molar-refractivity contribution in [1.82, 2.24) is 5.32 Å². The molecule has 0 fully saturated rings. The molecule has 4 nitrogen and oxygen atoms in total. The molecule has 100 valence electrons. The highest BCUT2D eigenvalue weighted by Gasteiger charge is 2.24. The van der Waals surface area contributed by atoms with Gasteiger partial charge in [-0.3, -0.25) is 4.79 Å². The molecule has 1 unspecified atom stereocenters. The van der Waals surface area contributed by atoms with Gasteiger partial charge in [0.2, 0.25) is 0 Å². The summed E-state index contributed by atoms with van der Waals surface area (Å²) in [7, 11) is 3.21. The molecular weight excluding hydrogens is 298 g/mol. The lowest BCUT2D eigenvalue weighted by atomic mass is 10.1. The first-order valence-electron chi connectivity index (χ1n) is 5.58. The number of amides is 1. The Morgan fingerprint density at radius 3 is 2.72 bits per heavy atom. The van der Waals surface area contributed by atoms with Gasteiger partial charge >= 0.3 is 0 Å². The maximum absolute atomic E-state index is 11.9. The van der Waals surface area contributed by atoms with E-state index in [4.69, 9.17) is 9.47 Å². The molecule has 0 aliphatic heterocycles. The maximum Gasteiger partial charge on any atom is 0.251 e. The van der Waals surface area contributed by atoms with Gasteiger partial charge in [0.05, 0.1) is 6.61 Å². The number of hydrogen-bond donors (Lipinski definition) is 1. The lowest BCUT2D eigenvalue weighted by Crippen LogP contribution is -2.45. The topological polar surface area (TPSA) is 47.6 Å². The van der Waals surface area contributed by atoms with Crippen LogP contribution >= 0.6 is 15.9 Å². The molecule has 0 saturated heterocycles. The van der Waals surface area contributed by atoms with Gasteiger partial charge in [0.15, 0.2) is 0 Å². The Balaban J connectivity index is 2.60. The van der Waals surface area contributed by atoms with E-state index in [0.717, 1.165) is 4.47 Å². The fourth-order valence-corrected chi connectivity index (χ4v) is 1.89. The van der Waals surface area contributed by atoms with E-state index in [1.165, 1.54) is 0 Å². The molecule has 0 aliphatic rings. The van der Waals surface area contributed by atoms with Gasteiger partial charge in [-0.05, 0) is 25.1 Å². The third-order valence-corrected chi connectivity index (χ3v) is 3.15. The number of hydrogen-bond acceptors (Lipinski definition) is 3. The van der Waals surface area contributed by atoms with E-state index < -0.39 is 5.60 Å². The van der Waals surface area contributed by atoms with Gasteiger partial charge in [-0.2, -0.15) is 0 Å². The van der Waals surface area contributed by atoms with Gasteiger partial charge in [0.25, 0.3) is 5.91 Å². The molecule has 18 heavy (non-hydrogen) atoms. The van der Waals surface area contributed by atoms with Crippen molar-refractivity contribution in [3.05, 3.63) is 34.3 Å². The molecule has 0 bridgehead atoms. The summed E-state index contributed by atoms with van der Waals surface area (Å²) in [6, 6.07) is 7.24. The van der Waals surface area contributed by atoms with Crippen LogP contribution in [0.2, 0.25) is 0 Å². The SMILES string of the molecule is COCC(C)(CNC(=O)c1cccc(Br)c1)OC. The molecule has 5 heteroatoms. The standard InChI is InChI=1S/C13H18BrNO3/c1-13(18-3,9-17-2)8-15-12(16)10-5-4-6-11(14)7-10/h4-7H,8-9H2,1-3H3,(H,15,16). The molecule has 1 N–H and O–H groups in total. The smallest absolute Gasteiger partial charge is 0.251 e. The van der Waals surface area contributed by atoms with Crippen LogP contribution in [0.3, 0.4) is 0 Å². The number of rotatable bonds is 6. The molecule has 0 saturated carbocycles. The first kappa shape index (κ1) is 15.1. The molecule has 1 atom stereocenters. The zero-order valence-electron chi connectivity index (χ0n) is 10.8. The molecule has 0 aromatic heterocycles. The highest BCUT2D eigenvalue weighted by atomic mass is 79.9. The van der Waals surface area contributed by atoms with Crippen molar-refractivity contribution in [2.75, 3.05) is 27.4 Å². The van der Waals surface area contributed by atoms with Gasteiger partial charge in [-0.15, -0.1) is 0 Å².